The summed E-state index contributed by atoms with van der Waals surface area (Å²) in [5.74, 6) is -1.03. The molecule has 0 aromatic heterocycles. The van der Waals surface area contributed by atoms with Gasteiger partial charge in [0.1, 0.15) is 29.0 Å². The summed E-state index contributed by atoms with van der Waals surface area (Å²) in [4.78, 5) is 26.9. The Morgan fingerprint density at radius 1 is 1.27 bits per heavy atom. The number of nitrogens with zero attached hydrogens (tertiary/aromatic N) is 6. The number of amidine groups is 1. The van der Waals surface area contributed by atoms with E-state index in [1.165, 1.54) is 30.9 Å². The van der Waals surface area contributed by atoms with Gasteiger partial charge in [-0.15, -0.1) is 9.63 Å². The van der Waals surface area contributed by atoms with Gasteiger partial charge in [-0.05, 0) is 12.1 Å². The minimum atomic E-state index is -1.21. The van der Waals surface area contributed by atoms with Crippen LogP contribution in [0.1, 0.15) is 10.4 Å². The standard InChI is InChI=1S/C12H8N6O3S/c19-8-3-6(1-2-7(8)12(20)21)17-18-22-11-9-10(14-4-13-9)15-5-16-11/h1-5,9,19H,(H,20,21). The fourth-order valence-corrected chi connectivity index (χ4v) is 2.32. The number of benzene rings is 1. The summed E-state index contributed by atoms with van der Waals surface area (Å²) in [6.07, 6.45) is 2.79. The quantitative estimate of drug-likeness (QED) is 0.652. The molecule has 1 atom stereocenters. The largest absolute Gasteiger partial charge is 0.507 e. The van der Waals surface area contributed by atoms with Crippen molar-refractivity contribution in [3.63, 3.8) is 0 Å². The summed E-state index contributed by atoms with van der Waals surface area (Å²) in [7, 11) is 0. The van der Waals surface area contributed by atoms with Gasteiger partial charge in [-0.3, -0.25) is 4.99 Å². The smallest absolute Gasteiger partial charge is 0.339 e. The maximum absolute atomic E-state index is 10.8. The van der Waals surface area contributed by atoms with Crippen molar-refractivity contribution in [3.8, 4) is 5.75 Å². The van der Waals surface area contributed by atoms with E-state index >= 15 is 0 Å². The highest BCUT2D eigenvalue weighted by molar-refractivity contribution is 8.13. The van der Waals surface area contributed by atoms with Crippen LogP contribution in [-0.4, -0.2) is 45.8 Å². The van der Waals surface area contributed by atoms with Crippen LogP contribution >= 0.6 is 11.9 Å². The zero-order chi connectivity index (χ0) is 15.5. The van der Waals surface area contributed by atoms with E-state index in [1.54, 1.807) is 0 Å². The number of phenols is 1. The Labute approximate surface area is 128 Å². The minimum absolute atomic E-state index is 0.194. The predicted octanol–water partition coefficient (Wildman–Crippen LogP) is 2.07. The lowest BCUT2D eigenvalue weighted by atomic mass is 10.2. The van der Waals surface area contributed by atoms with Gasteiger partial charge in [-0.1, -0.05) is 0 Å². The van der Waals surface area contributed by atoms with E-state index in [0.29, 0.717) is 16.6 Å². The molecular weight excluding hydrogens is 308 g/mol. The van der Waals surface area contributed by atoms with Gasteiger partial charge >= 0.3 is 5.97 Å². The van der Waals surface area contributed by atoms with Crippen LogP contribution in [0.5, 0.6) is 5.75 Å². The summed E-state index contributed by atoms with van der Waals surface area (Å²) >= 11 is 1.01. The van der Waals surface area contributed by atoms with E-state index in [0.717, 1.165) is 11.9 Å². The van der Waals surface area contributed by atoms with Crippen LogP contribution in [0, 0.1) is 0 Å². The van der Waals surface area contributed by atoms with Crippen LogP contribution < -0.4 is 0 Å². The normalized spacial score (nSPS) is 19.2. The first-order valence-electron chi connectivity index (χ1n) is 5.99. The monoisotopic (exact) mass is 316 g/mol. The fraction of sp³-hybridized carbons (Fsp3) is 0.0833. The van der Waals surface area contributed by atoms with Crippen molar-refractivity contribution < 1.29 is 15.0 Å². The molecule has 10 heteroatoms. The van der Waals surface area contributed by atoms with Gasteiger partial charge in [0.2, 0.25) is 0 Å². The average molecular weight is 316 g/mol. The highest BCUT2D eigenvalue weighted by atomic mass is 32.2. The van der Waals surface area contributed by atoms with Crippen LogP contribution in [0.25, 0.3) is 0 Å². The molecule has 22 heavy (non-hydrogen) atoms. The maximum Gasteiger partial charge on any atom is 0.339 e. The molecule has 1 aromatic rings. The first-order chi connectivity index (χ1) is 10.6. The average Bonchev–Trinajstić information content (AvgIpc) is 2.96. The van der Waals surface area contributed by atoms with Crippen molar-refractivity contribution in [3.05, 3.63) is 23.8 Å². The van der Waals surface area contributed by atoms with E-state index in [-0.39, 0.29) is 17.4 Å². The summed E-state index contributed by atoms with van der Waals surface area (Å²) in [6.45, 7) is 0. The lowest BCUT2D eigenvalue weighted by molar-refractivity contribution is 0.0694. The number of fused-ring (bicyclic) bond motifs is 1. The van der Waals surface area contributed by atoms with Crippen LogP contribution in [-0.2, 0) is 0 Å². The number of hydrogen-bond acceptors (Lipinski definition) is 9. The molecule has 1 aromatic carbocycles. The van der Waals surface area contributed by atoms with E-state index in [1.807, 2.05) is 0 Å². The molecule has 2 N–H and O–H groups in total. The van der Waals surface area contributed by atoms with Crippen molar-refractivity contribution in [1.82, 2.24) is 0 Å². The Morgan fingerprint density at radius 2 is 2.14 bits per heavy atom. The first kappa shape index (κ1) is 14.1. The van der Waals surface area contributed by atoms with Crippen molar-refractivity contribution in [2.24, 2.45) is 29.6 Å². The van der Waals surface area contributed by atoms with Crippen molar-refractivity contribution in [2.45, 2.75) is 6.04 Å². The SMILES string of the molecule is O=C(O)c1ccc(N=NSC2=NC=NC3=NC=NC32)cc1O. The summed E-state index contributed by atoms with van der Waals surface area (Å²) < 4.78 is 3.90. The molecule has 0 spiro atoms. The van der Waals surface area contributed by atoms with Crippen molar-refractivity contribution in [1.29, 1.82) is 0 Å². The predicted molar refractivity (Wildman–Crippen MR) is 82.8 cm³/mol. The van der Waals surface area contributed by atoms with Gasteiger partial charge in [0.05, 0.1) is 17.6 Å². The number of carboxylic acid groups (broad SMARTS) is 1. The number of aromatic hydroxyl groups is 1. The second-order valence-corrected chi connectivity index (χ2v) is 4.91. The van der Waals surface area contributed by atoms with Crippen molar-refractivity contribution >= 4 is 47.2 Å². The molecule has 3 rings (SSSR count). The molecule has 0 fully saturated rings. The molecule has 0 radical (unpaired) electrons. The maximum atomic E-state index is 10.8. The van der Waals surface area contributed by atoms with Crippen molar-refractivity contribution in [2.75, 3.05) is 0 Å². The van der Waals surface area contributed by atoms with E-state index in [4.69, 9.17) is 5.11 Å². The molecule has 9 nitrogen and oxygen atoms in total. The molecule has 2 heterocycles. The highest BCUT2D eigenvalue weighted by Gasteiger charge is 2.26. The topological polar surface area (TPSA) is 132 Å². The number of hydrogen-bond donors (Lipinski definition) is 2. The first-order valence-corrected chi connectivity index (χ1v) is 6.76. The Morgan fingerprint density at radius 3 is 2.91 bits per heavy atom. The molecule has 0 saturated heterocycles. The summed E-state index contributed by atoms with van der Waals surface area (Å²) in [5.41, 5.74) is 0.129. The lowest BCUT2D eigenvalue weighted by Crippen LogP contribution is -2.25. The zero-order valence-corrected chi connectivity index (χ0v) is 11.7. The third-order valence-corrected chi connectivity index (χ3v) is 3.44. The molecular formula is C12H8N6O3S. The van der Waals surface area contributed by atoms with E-state index in [9.17, 15) is 9.90 Å². The molecule has 2 aliphatic rings. The Hall–Kier alpha value is -2.88. The number of aromatic carboxylic acids is 1. The van der Waals surface area contributed by atoms with Gasteiger partial charge in [0, 0.05) is 6.07 Å². The Bertz CT molecular complexity index is 783. The van der Waals surface area contributed by atoms with Crippen LogP contribution in [0.4, 0.5) is 5.69 Å². The molecule has 0 bridgehead atoms. The third kappa shape index (κ3) is 2.76. The number of carbonyl (C=O) groups is 1. The highest BCUT2D eigenvalue weighted by Crippen LogP contribution is 2.26. The van der Waals surface area contributed by atoms with E-state index in [2.05, 4.69) is 29.6 Å². The molecule has 1 unspecified atom stereocenters. The zero-order valence-electron chi connectivity index (χ0n) is 10.9. The molecule has 0 aliphatic carbocycles. The number of aliphatic imine (C=N–C) groups is 4. The van der Waals surface area contributed by atoms with Gasteiger partial charge in [-0.2, -0.15) is 0 Å². The summed E-state index contributed by atoms with van der Waals surface area (Å²) in [5, 5.41) is 22.9. The van der Waals surface area contributed by atoms with Crippen LogP contribution in [0.15, 0.2) is 47.8 Å². The second kappa shape index (κ2) is 5.85. The fourth-order valence-electron chi connectivity index (χ4n) is 1.74. The van der Waals surface area contributed by atoms with Gasteiger partial charge < -0.3 is 10.2 Å². The molecule has 2 aliphatic heterocycles. The van der Waals surface area contributed by atoms with Gasteiger partial charge in [0.25, 0.3) is 0 Å². The Kier molecular flexibility index (Phi) is 3.74. The van der Waals surface area contributed by atoms with E-state index < -0.39 is 5.97 Å². The Balaban J connectivity index is 1.70. The van der Waals surface area contributed by atoms with Crippen LogP contribution in [0.3, 0.4) is 0 Å². The molecule has 110 valence electrons. The lowest BCUT2D eigenvalue weighted by Gasteiger charge is -2.09. The van der Waals surface area contributed by atoms with Gasteiger partial charge in [0.15, 0.2) is 11.9 Å². The number of carboxylic acids is 1. The third-order valence-electron chi connectivity index (χ3n) is 2.76. The van der Waals surface area contributed by atoms with Gasteiger partial charge in [-0.25, -0.2) is 19.8 Å². The molecule has 0 saturated carbocycles. The second-order valence-electron chi connectivity index (χ2n) is 4.15. The summed E-state index contributed by atoms with van der Waals surface area (Å²) in [6, 6.07) is 3.57. The molecule has 0 amide bonds. The number of rotatable bonds is 3. The van der Waals surface area contributed by atoms with Crippen LogP contribution in [0.2, 0.25) is 0 Å². The minimum Gasteiger partial charge on any atom is -0.507 e.